The number of carbonyl (C=O) groups excluding carboxylic acids is 1. The van der Waals surface area contributed by atoms with Gasteiger partial charge in [-0.1, -0.05) is 24.3 Å². The molecule has 0 unspecified atom stereocenters. The molecule has 2 heterocycles. The van der Waals surface area contributed by atoms with Gasteiger partial charge in [0.25, 0.3) is 5.91 Å². The van der Waals surface area contributed by atoms with Gasteiger partial charge in [0.1, 0.15) is 17.3 Å². The van der Waals surface area contributed by atoms with Gasteiger partial charge in [-0.15, -0.1) is 0 Å². The van der Waals surface area contributed by atoms with Crippen molar-refractivity contribution in [3.05, 3.63) is 84.0 Å². The molecule has 1 amide bonds. The van der Waals surface area contributed by atoms with Gasteiger partial charge in [0.15, 0.2) is 5.58 Å². The summed E-state index contributed by atoms with van der Waals surface area (Å²) in [6.07, 6.45) is 1.56. The van der Waals surface area contributed by atoms with Crippen molar-refractivity contribution >= 4 is 22.7 Å². The normalized spacial score (nSPS) is 10.9. The van der Waals surface area contributed by atoms with E-state index in [1.807, 2.05) is 18.2 Å². The Morgan fingerprint density at radius 1 is 1.15 bits per heavy atom. The van der Waals surface area contributed by atoms with Crippen molar-refractivity contribution in [2.45, 2.75) is 6.54 Å². The van der Waals surface area contributed by atoms with Crippen LogP contribution in [0.1, 0.15) is 16.1 Å². The first-order valence-corrected chi connectivity index (χ1v) is 8.41. The number of nitrogens with one attached hydrogen (secondary N) is 1. The van der Waals surface area contributed by atoms with Crippen LogP contribution in [0.4, 0.5) is 10.1 Å². The number of rotatable bonds is 5. The third kappa shape index (κ3) is 3.29. The van der Waals surface area contributed by atoms with Crippen molar-refractivity contribution in [3.63, 3.8) is 0 Å². The summed E-state index contributed by atoms with van der Waals surface area (Å²) < 4.78 is 26.1. The van der Waals surface area contributed by atoms with E-state index in [2.05, 4.69) is 5.32 Å². The fourth-order valence-corrected chi connectivity index (χ4v) is 3.09. The lowest BCUT2D eigenvalue weighted by Gasteiger charge is -2.12. The van der Waals surface area contributed by atoms with Crippen molar-refractivity contribution in [1.29, 1.82) is 0 Å². The maximum atomic E-state index is 13.6. The van der Waals surface area contributed by atoms with Crippen molar-refractivity contribution < 1.29 is 18.3 Å². The van der Waals surface area contributed by atoms with Crippen LogP contribution in [0.2, 0.25) is 0 Å². The number of ether oxygens (including phenoxy) is 1. The smallest absolute Gasteiger partial charge is 0.272 e. The SMILES string of the molecule is COc1ccccc1NC(=O)c1cc2occc2n1Cc1cccc(F)c1. The Labute approximate surface area is 155 Å². The molecule has 0 saturated heterocycles. The number of para-hydroxylation sites is 2. The van der Waals surface area contributed by atoms with E-state index in [0.29, 0.717) is 29.3 Å². The Morgan fingerprint density at radius 3 is 2.81 bits per heavy atom. The first-order chi connectivity index (χ1) is 13.2. The van der Waals surface area contributed by atoms with Crippen molar-refractivity contribution in [3.8, 4) is 5.75 Å². The number of anilines is 1. The lowest BCUT2D eigenvalue weighted by Crippen LogP contribution is -2.18. The van der Waals surface area contributed by atoms with Crippen LogP contribution in [-0.4, -0.2) is 17.6 Å². The zero-order valence-electron chi connectivity index (χ0n) is 14.6. The molecule has 0 spiro atoms. The van der Waals surface area contributed by atoms with E-state index < -0.39 is 0 Å². The number of nitrogens with zero attached hydrogens (tertiary/aromatic N) is 1. The first-order valence-electron chi connectivity index (χ1n) is 8.41. The van der Waals surface area contributed by atoms with E-state index in [1.54, 1.807) is 48.3 Å². The second-order valence-corrected chi connectivity index (χ2v) is 6.07. The summed E-state index contributed by atoms with van der Waals surface area (Å²) in [5.74, 6) is -0.0526. The number of fused-ring (bicyclic) bond motifs is 1. The number of benzene rings is 2. The van der Waals surface area contributed by atoms with Gasteiger partial charge in [0.2, 0.25) is 0 Å². The van der Waals surface area contributed by atoms with Gasteiger partial charge in [0, 0.05) is 18.7 Å². The molecule has 0 atom stereocenters. The number of furan rings is 1. The van der Waals surface area contributed by atoms with Crippen LogP contribution in [0.3, 0.4) is 0 Å². The molecule has 4 aromatic rings. The standard InChI is InChI=1S/C21H17FN2O3/c1-26-19-8-3-2-7-16(19)23-21(25)18-12-20-17(9-10-27-20)24(18)13-14-5-4-6-15(22)11-14/h2-12H,13H2,1H3,(H,23,25). The molecule has 2 aromatic carbocycles. The number of carbonyl (C=O) groups is 1. The third-order valence-electron chi connectivity index (χ3n) is 4.34. The average molecular weight is 364 g/mol. The molecule has 0 aliphatic rings. The highest BCUT2D eigenvalue weighted by Crippen LogP contribution is 2.26. The molecule has 0 aliphatic carbocycles. The molecule has 5 nitrogen and oxygen atoms in total. The quantitative estimate of drug-likeness (QED) is 0.559. The van der Waals surface area contributed by atoms with Gasteiger partial charge in [-0.2, -0.15) is 0 Å². The second-order valence-electron chi connectivity index (χ2n) is 6.07. The highest BCUT2D eigenvalue weighted by Gasteiger charge is 2.19. The van der Waals surface area contributed by atoms with Gasteiger partial charge in [0.05, 0.1) is 24.6 Å². The van der Waals surface area contributed by atoms with Gasteiger partial charge < -0.3 is 19.0 Å². The monoisotopic (exact) mass is 364 g/mol. The number of halogens is 1. The second kappa shape index (κ2) is 6.99. The predicted octanol–water partition coefficient (Wildman–Crippen LogP) is 4.68. The molecule has 6 heteroatoms. The van der Waals surface area contributed by atoms with Gasteiger partial charge in [-0.05, 0) is 29.8 Å². The summed E-state index contributed by atoms with van der Waals surface area (Å²) in [5.41, 5.74) is 3.10. The van der Waals surface area contributed by atoms with Gasteiger partial charge >= 0.3 is 0 Å². The van der Waals surface area contributed by atoms with Gasteiger partial charge in [-0.25, -0.2) is 4.39 Å². The zero-order chi connectivity index (χ0) is 18.8. The molecule has 0 saturated carbocycles. The summed E-state index contributed by atoms with van der Waals surface area (Å²) in [6.45, 7) is 0.343. The first kappa shape index (κ1) is 16.9. The molecule has 27 heavy (non-hydrogen) atoms. The predicted molar refractivity (Wildman–Crippen MR) is 101 cm³/mol. The average Bonchev–Trinajstić information content (AvgIpc) is 3.25. The maximum Gasteiger partial charge on any atom is 0.272 e. The molecule has 2 aromatic heterocycles. The van der Waals surface area contributed by atoms with E-state index in [9.17, 15) is 9.18 Å². The van der Waals surface area contributed by atoms with Gasteiger partial charge in [-0.3, -0.25) is 4.79 Å². The van der Waals surface area contributed by atoms with Crippen LogP contribution in [0, 0.1) is 5.82 Å². The van der Waals surface area contributed by atoms with E-state index in [1.165, 1.54) is 12.1 Å². The van der Waals surface area contributed by atoms with E-state index in [-0.39, 0.29) is 11.7 Å². The van der Waals surface area contributed by atoms with Crippen LogP contribution < -0.4 is 10.1 Å². The molecular formula is C21H17FN2O3. The summed E-state index contributed by atoms with van der Waals surface area (Å²) in [7, 11) is 1.55. The number of methoxy groups -OCH3 is 1. The molecule has 0 fully saturated rings. The number of amides is 1. The van der Waals surface area contributed by atoms with E-state index in [4.69, 9.17) is 9.15 Å². The molecule has 1 N–H and O–H groups in total. The number of hydrogen-bond acceptors (Lipinski definition) is 3. The molecule has 4 rings (SSSR count). The number of aromatic nitrogens is 1. The van der Waals surface area contributed by atoms with E-state index >= 15 is 0 Å². The summed E-state index contributed by atoms with van der Waals surface area (Å²) in [6, 6.07) is 17.0. The van der Waals surface area contributed by atoms with Crippen molar-refractivity contribution in [1.82, 2.24) is 4.57 Å². The minimum atomic E-state index is -0.317. The van der Waals surface area contributed by atoms with Crippen LogP contribution >= 0.6 is 0 Å². The molecule has 136 valence electrons. The van der Waals surface area contributed by atoms with Crippen LogP contribution in [-0.2, 0) is 6.54 Å². The summed E-state index contributed by atoms with van der Waals surface area (Å²) in [5, 5.41) is 2.87. The fraction of sp³-hybridized carbons (Fsp3) is 0.0952. The van der Waals surface area contributed by atoms with Crippen molar-refractivity contribution in [2.24, 2.45) is 0 Å². The largest absolute Gasteiger partial charge is 0.495 e. The van der Waals surface area contributed by atoms with E-state index in [0.717, 1.165) is 11.1 Å². The molecule has 0 bridgehead atoms. The van der Waals surface area contributed by atoms with Crippen LogP contribution in [0.15, 0.2) is 71.3 Å². The summed E-state index contributed by atoms with van der Waals surface area (Å²) in [4.78, 5) is 12.9. The lowest BCUT2D eigenvalue weighted by atomic mass is 10.2. The Bertz CT molecular complexity index is 1110. The third-order valence-corrected chi connectivity index (χ3v) is 4.34. The highest BCUT2D eigenvalue weighted by atomic mass is 19.1. The highest BCUT2D eigenvalue weighted by molar-refractivity contribution is 6.06. The van der Waals surface area contributed by atoms with Crippen LogP contribution in [0.5, 0.6) is 5.75 Å². The lowest BCUT2D eigenvalue weighted by molar-refractivity contribution is 0.101. The molecule has 0 aliphatic heterocycles. The summed E-state index contributed by atoms with van der Waals surface area (Å²) >= 11 is 0. The minimum Gasteiger partial charge on any atom is -0.495 e. The molecular weight excluding hydrogens is 347 g/mol. The topological polar surface area (TPSA) is 56.4 Å². The Kier molecular flexibility index (Phi) is 4.38. The molecule has 0 radical (unpaired) electrons. The fourth-order valence-electron chi connectivity index (χ4n) is 3.09. The Morgan fingerprint density at radius 2 is 2.00 bits per heavy atom. The maximum absolute atomic E-state index is 13.6. The Balaban J connectivity index is 1.71. The zero-order valence-corrected chi connectivity index (χ0v) is 14.6. The van der Waals surface area contributed by atoms with Crippen molar-refractivity contribution in [2.75, 3.05) is 12.4 Å². The minimum absolute atomic E-state index is 0.303. The number of hydrogen-bond donors (Lipinski definition) is 1. The van der Waals surface area contributed by atoms with Crippen LogP contribution in [0.25, 0.3) is 11.1 Å². The Hall–Kier alpha value is -3.54.